The third-order valence-electron chi connectivity index (χ3n) is 4.85. The molecule has 1 aromatic carbocycles. The van der Waals surface area contributed by atoms with Crippen LogP contribution in [0.15, 0.2) is 36.7 Å². The van der Waals surface area contributed by atoms with E-state index in [4.69, 9.17) is 11.6 Å². The van der Waals surface area contributed by atoms with Gasteiger partial charge in [0.1, 0.15) is 0 Å². The summed E-state index contributed by atoms with van der Waals surface area (Å²) in [6.07, 6.45) is -1.34. The number of halogens is 4. The van der Waals surface area contributed by atoms with E-state index in [0.717, 1.165) is 10.1 Å². The summed E-state index contributed by atoms with van der Waals surface area (Å²) >= 11 is 5.85. The van der Waals surface area contributed by atoms with Crippen molar-refractivity contribution in [3.05, 3.63) is 64.5 Å². The lowest BCUT2D eigenvalue weighted by Crippen LogP contribution is -2.42. The molecule has 0 fully saturated rings. The van der Waals surface area contributed by atoms with Crippen molar-refractivity contribution < 1.29 is 18.0 Å². The SMILES string of the molecule is CC1c2nnc(C(F)(F)F)n2CCN1C(=O)c1ccc(Cn2cc(Cl)cn2)cc1. The molecule has 3 aromatic rings. The molecule has 11 heteroatoms. The van der Waals surface area contributed by atoms with E-state index in [1.165, 1.54) is 4.90 Å². The molecule has 0 N–H and O–H groups in total. The number of benzene rings is 1. The molecule has 152 valence electrons. The number of amides is 1. The van der Waals surface area contributed by atoms with Crippen molar-refractivity contribution in [2.45, 2.75) is 32.2 Å². The fourth-order valence-corrected chi connectivity index (χ4v) is 3.56. The van der Waals surface area contributed by atoms with Gasteiger partial charge in [-0.2, -0.15) is 18.3 Å². The lowest BCUT2D eigenvalue weighted by Gasteiger charge is -2.34. The van der Waals surface area contributed by atoms with Gasteiger partial charge in [0.05, 0.1) is 23.8 Å². The van der Waals surface area contributed by atoms with Gasteiger partial charge in [0.15, 0.2) is 5.82 Å². The molecule has 0 bridgehead atoms. The van der Waals surface area contributed by atoms with Gasteiger partial charge in [0.2, 0.25) is 5.82 Å². The lowest BCUT2D eigenvalue weighted by molar-refractivity contribution is -0.148. The Morgan fingerprint density at radius 2 is 1.93 bits per heavy atom. The Labute approximate surface area is 168 Å². The molecule has 1 unspecified atom stereocenters. The first-order valence-corrected chi connectivity index (χ1v) is 9.20. The highest BCUT2D eigenvalue weighted by atomic mass is 35.5. The number of carbonyl (C=O) groups excluding carboxylic acids is 1. The summed E-state index contributed by atoms with van der Waals surface area (Å²) in [5.74, 6) is -1.17. The van der Waals surface area contributed by atoms with E-state index in [-0.39, 0.29) is 24.8 Å². The number of fused-ring (bicyclic) bond motifs is 1. The van der Waals surface area contributed by atoms with Crippen molar-refractivity contribution in [2.24, 2.45) is 0 Å². The first-order valence-electron chi connectivity index (χ1n) is 8.82. The smallest absolute Gasteiger partial charge is 0.327 e. The molecular formula is C18H16ClF3N6O. The van der Waals surface area contributed by atoms with Gasteiger partial charge in [0, 0.05) is 24.8 Å². The Morgan fingerprint density at radius 3 is 2.55 bits per heavy atom. The van der Waals surface area contributed by atoms with E-state index in [1.807, 2.05) is 12.1 Å². The van der Waals surface area contributed by atoms with Crippen molar-refractivity contribution in [3.8, 4) is 0 Å². The normalized spacial score (nSPS) is 16.7. The van der Waals surface area contributed by atoms with Crippen LogP contribution in [0.5, 0.6) is 0 Å². The molecule has 1 aliphatic rings. The van der Waals surface area contributed by atoms with Crippen LogP contribution in [0.25, 0.3) is 0 Å². The summed E-state index contributed by atoms with van der Waals surface area (Å²) < 4.78 is 41.8. The summed E-state index contributed by atoms with van der Waals surface area (Å²) in [5.41, 5.74) is 1.38. The molecule has 0 spiro atoms. The highest BCUT2D eigenvalue weighted by Crippen LogP contribution is 2.33. The van der Waals surface area contributed by atoms with Crippen LogP contribution >= 0.6 is 11.6 Å². The van der Waals surface area contributed by atoms with Crippen LogP contribution in [0.1, 0.15) is 40.5 Å². The molecule has 1 amide bonds. The van der Waals surface area contributed by atoms with E-state index in [9.17, 15) is 18.0 Å². The molecule has 1 aliphatic heterocycles. The van der Waals surface area contributed by atoms with Crippen molar-refractivity contribution >= 4 is 17.5 Å². The highest BCUT2D eigenvalue weighted by molar-refractivity contribution is 6.30. The quantitative estimate of drug-likeness (QED) is 0.646. The van der Waals surface area contributed by atoms with Gasteiger partial charge in [-0.15, -0.1) is 10.2 Å². The minimum atomic E-state index is -4.58. The zero-order chi connectivity index (χ0) is 20.8. The molecule has 0 saturated heterocycles. The monoisotopic (exact) mass is 424 g/mol. The van der Waals surface area contributed by atoms with E-state index in [1.54, 1.807) is 36.1 Å². The zero-order valence-electron chi connectivity index (χ0n) is 15.3. The van der Waals surface area contributed by atoms with Gasteiger partial charge in [-0.25, -0.2) is 0 Å². The minimum absolute atomic E-state index is 0.00853. The minimum Gasteiger partial charge on any atom is -0.327 e. The summed E-state index contributed by atoms with van der Waals surface area (Å²) in [4.78, 5) is 14.4. The molecule has 0 saturated carbocycles. The maximum atomic E-state index is 13.0. The Balaban J connectivity index is 1.50. The maximum Gasteiger partial charge on any atom is 0.451 e. The second-order valence-corrected chi connectivity index (χ2v) is 7.20. The average molecular weight is 425 g/mol. The average Bonchev–Trinajstić information content (AvgIpc) is 3.28. The molecule has 7 nitrogen and oxygen atoms in total. The third kappa shape index (κ3) is 3.71. The van der Waals surface area contributed by atoms with Crippen LogP contribution in [-0.2, 0) is 19.3 Å². The van der Waals surface area contributed by atoms with Crippen molar-refractivity contribution in [1.82, 2.24) is 29.4 Å². The van der Waals surface area contributed by atoms with Gasteiger partial charge in [0.25, 0.3) is 5.91 Å². The van der Waals surface area contributed by atoms with Gasteiger partial charge in [-0.3, -0.25) is 9.48 Å². The van der Waals surface area contributed by atoms with Crippen LogP contribution in [-0.4, -0.2) is 41.9 Å². The fourth-order valence-electron chi connectivity index (χ4n) is 3.40. The zero-order valence-corrected chi connectivity index (χ0v) is 16.0. The van der Waals surface area contributed by atoms with Crippen LogP contribution < -0.4 is 0 Å². The predicted molar refractivity (Wildman–Crippen MR) is 97.3 cm³/mol. The Kier molecular flexibility index (Phi) is 4.81. The highest BCUT2D eigenvalue weighted by Gasteiger charge is 2.41. The number of aromatic nitrogens is 5. The fraction of sp³-hybridized carbons (Fsp3) is 0.333. The standard InChI is InChI=1S/C18H16ClF3N6O/c1-11-15-24-25-17(18(20,21)22)28(15)7-6-27(11)16(29)13-4-2-12(3-5-13)9-26-10-14(19)8-23-26/h2-5,8,10-11H,6-7,9H2,1H3. The Morgan fingerprint density at radius 1 is 1.21 bits per heavy atom. The predicted octanol–water partition coefficient (Wildman–Crippen LogP) is 3.41. The largest absolute Gasteiger partial charge is 0.451 e. The number of nitrogens with zero attached hydrogens (tertiary/aromatic N) is 6. The van der Waals surface area contributed by atoms with E-state index in [0.29, 0.717) is 17.1 Å². The molecule has 1 atom stereocenters. The second-order valence-electron chi connectivity index (χ2n) is 6.76. The van der Waals surface area contributed by atoms with Gasteiger partial charge < -0.3 is 9.47 Å². The maximum absolute atomic E-state index is 13.0. The topological polar surface area (TPSA) is 68.8 Å². The van der Waals surface area contributed by atoms with E-state index >= 15 is 0 Å². The summed E-state index contributed by atoms with van der Waals surface area (Å²) in [5, 5.41) is 11.6. The van der Waals surface area contributed by atoms with Crippen LogP contribution in [0, 0.1) is 0 Å². The first kappa shape index (κ1) is 19.4. The lowest BCUT2D eigenvalue weighted by atomic mass is 10.1. The molecule has 0 aliphatic carbocycles. The number of hydrogen-bond acceptors (Lipinski definition) is 4. The van der Waals surface area contributed by atoms with Crippen molar-refractivity contribution in [2.75, 3.05) is 6.54 Å². The van der Waals surface area contributed by atoms with Gasteiger partial charge >= 0.3 is 6.18 Å². The third-order valence-corrected chi connectivity index (χ3v) is 5.04. The van der Waals surface area contributed by atoms with Crippen molar-refractivity contribution in [1.29, 1.82) is 0 Å². The molecule has 0 radical (unpaired) electrons. The number of alkyl halides is 3. The van der Waals surface area contributed by atoms with Crippen molar-refractivity contribution in [3.63, 3.8) is 0 Å². The van der Waals surface area contributed by atoms with Gasteiger partial charge in [-0.1, -0.05) is 23.7 Å². The number of rotatable bonds is 3. The second kappa shape index (κ2) is 7.18. The van der Waals surface area contributed by atoms with E-state index in [2.05, 4.69) is 15.3 Å². The molecular weight excluding hydrogens is 409 g/mol. The molecule has 29 heavy (non-hydrogen) atoms. The summed E-state index contributed by atoms with van der Waals surface area (Å²) in [7, 11) is 0. The summed E-state index contributed by atoms with van der Waals surface area (Å²) in [6, 6.07) is 6.38. The number of carbonyl (C=O) groups is 1. The molecule has 4 rings (SSSR count). The van der Waals surface area contributed by atoms with Gasteiger partial charge in [-0.05, 0) is 24.6 Å². The Hall–Kier alpha value is -2.88. The summed E-state index contributed by atoms with van der Waals surface area (Å²) in [6.45, 7) is 2.28. The number of hydrogen-bond donors (Lipinski definition) is 0. The Bertz CT molecular complexity index is 1040. The van der Waals surface area contributed by atoms with E-state index < -0.39 is 18.0 Å². The first-order chi connectivity index (χ1) is 13.7. The van der Waals surface area contributed by atoms with Crippen LogP contribution in [0.4, 0.5) is 13.2 Å². The van der Waals surface area contributed by atoms with Crippen LogP contribution in [0.2, 0.25) is 5.02 Å². The molecule has 3 heterocycles. The molecule has 2 aromatic heterocycles. The van der Waals surface area contributed by atoms with Crippen LogP contribution in [0.3, 0.4) is 0 Å².